The highest BCUT2D eigenvalue weighted by atomic mass is 16.5. The van der Waals surface area contributed by atoms with Crippen LogP contribution in [0.25, 0.3) is 0 Å². The van der Waals surface area contributed by atoms with E-state index >= 15 is 0 Å². The van der Waals surface area contributed by atoms with Gasteiger partial charge >= 0.3 is 0 Å². The Balaban J connectivity index is 1.51. The van der Waals surface area contributed by atoms with E-state index in [-0.39, 0.29) is 18.6 Å². The van der Waals surface area contributed by atoms with Gasteiger partial charge in [-0.15, -0.1) is 0 Å². The number of carbonyl (C=O) groups excluding carboxylic acids is 1. The summed E-state index contributed by atoms with van der Waals surface area (Å²) in [5, 5.41) is 17.1. The van der Waals surface area contributed by atoms with E-state index in [2.05, 4.69) is 10.5 Å². The van der Waals surface area contributed by atoms with Crippen molar-refractivity contribution in [3.8, 4) is 0 Å². The van der Waals surface area contributed by atoms with E-state index in [1.54, 1.807) is 4.90 Å². The lowest BCUT2D eigenvalue weighted by Crippen LogP contribution is -2.37. The van der Waals surface area contributed by atoms with Gasteiger partial charge in [0.2, 0.25) is 0 Å². The van der Waals surface area contributed by atoms with Crippen LogP contribution in [-0.2, 0) is 19.4 Å². The largest absolute Gasteiger partial charge is 0.394 e. The topological polar surface area (TPSA) is 78.6 Å². The molecule has 1 unspecified atom stereocenters. The number of aromatic nitrogens is 1. The van der Waals surface area contributed by atoms with Gasteiger partial charge in [-0.25, -0.2) is 0 Å². The number of para-hydroxylation sites is 1. The Bertz CT molecular complexity index is 786. The third kappa shape index (κ3) is 3.21. The molecular weight excluding hydrogens is 330 g/mol. The molecule has 1 aromatic heterocycles. The molecule has 0 radical (unpaired) electrons. The predicted molar refractivity (Wildman–Crippen MR) is 98.1 cm³/mol. The van der Waals surface area contributed by atoms with Crippen molar-refractivity contribution in [1.82, 2.24) is 10.1 Å². The quantitative estimate of drug-likeness (QED) is 0.862. The molecule has 2 aromatic rings. The summed E-state index contributed by atoms with van der Waals surface area (Å²) < 4.78 is 5.47. The second kappa shape index (κ2) is 7.50. The number of nitrogens with zero attached hydrogens (tertiary/aromatic N) is 2. The van der Waals surface area contributed by atoms with Crippen LogP contribution in [-0.4, -0.2) is 40.3 Å². The first-order valence-corrected chi connectivity index (χ1v) is 9.49. The van der Waals surface area contributed by atoms with Gasteiger partial charge < -0.3 is 19.8 Å². The zero-order valence-corrected chi connectivity index (χ0v) is 14.9. The normalized spacial score (nSPS) is 19.4. The molecule has 6 heteroatoms. The molecule has 0 bridgehead atoms. The highest BCUT2D eigenvalue weighted by Gasteiger charge is 2.30. The number of anilines is 1. The molecule has 1 amide bonds. The van der Waals surface area contributed by atoms with Crippen molar-refractivity contribution in [2.75, 3.05) is 18.5 Å². The number of aliphatic hydroxyl groups is 1. The highest BCUT2D eigenvalue weighted by molar-refractivity contribution is 5.99. The SMILES string of the molecule is O=C(c1ccccc1NCc1noc2c1CCCC2)N1CCCC1CO. The first kappa shape index (κ1) is 17.1. The smallest absolute Gasteiger partial charge is 0.256 e. The average Bonchev–Trinajstić information content (AvgIpc) is 3.33. The summed E-state index contributed by atoms with van der Waals surface area (Å²) in [5.41, 5.74) is 3.61. The van der Waals surface area contributed by atoms with E-state index in [4.69, 9.17) is 4.52 Å². The van der Waals surface area contributed by atoms with Gasteiger partial charge in [-0.3, -0.25) is 4.79 Å². The van der Waals surface area contributed by atoms with Crippen LogP contribution in [0.15, 0.2) is 28.8 Å². The summed E-state index contributed by atoms with van der Waals surface area (Å²) in [5.74, 6) is 0.993. The number of nitrogens with one attached hydrogen (secondary N) is 1. The Hall–Kier alpha value is -2.34. The van der Waals surface area contributed by atoms with Crippen molar-refractivity contribution in [2.24, 2.45) is 0 Å². The first-order chi connectivity index (χ1) is 12.8. The summed E-state index contributed by atoms with van der Waals surface area (Å²) in [6.45, 7) is 1.27. The third-order valence-corrected chi connectivity index (χ3v) is 5.48. The van der Waals surface area contributed by atoms with E-state index in [1.807, 2.05) is 24.3 Å². The van der Waals surface area contributed by atoms with Crippen LogP contribution >= 0.6 is 0 Å². The molecule has 1 atom stereocenters. The molecule has 1 fully saturated rings. The van der Waals surface area contributed by atoms with Crippen LogP contribution in [0.2, 0.25) is 0 Å². The van der Waals surface area contributed by atoms with E-state index in [9.17, 15) is 9.90 Å². The summed E-state index contributed by atoms with van der Waals surface area (Å²) in [6.07, 6.45) is 6.12. The van der Waals surface area contributed by atoms with Gasteiger partial charge in [0.05, 0.1) is 24.8 Å². The Morgan fingerprint density at radius 2 is 2.12 bits per heavy atom. The molecule has 2 aliphatic rings. The summed E-state index contributed by atoms with van der Waals surface area (Å²) >= 11 is 0. The van der Waals surface area contributed by atoms with Gasteiger partial charge in [0.1, 0.15) is 11.5 Å². The number of amides is 1. The molecular formula is C20H25N3O3. The molecule has 1 aliphatic heterocycles. The summed E-state index contributed by atoms with van der Waals surface area (Å²) in [7, 11) is 0. The van der Waals surface area contributed by atoms with Gasteiger partial charge in [0, 0.05) is 24.2 Å². The minimum absolute atomic E-state index is 0.0202. The fourth-order valence-electron chi connectivity index (χ4n) is 4.04. The van der Waals surface area contributed by atoms with Gasteiger partial charge in [0.25, 0.3) is 5.91 Å². The monoisotopic (exact) mass is 355 g/mol. The van der Waals surface area contributed by atoms with Gasteiger partial charge in [-0.1, -0.05) is 17.3 Å². The third-order valence-electron chi connectivity index (χ3n) is 5.48. The summed E-state index contributed by atoms with van der Waals surface area (Å²) in [6, 6.07) is 7.49. The molecule has 26 heavy (non-hydrogen) atoms. The number of fused-ring (bicyclic) bond motifs is 1. The van der Waals surface area contributed by atoms with Crippen LogP contribution < -0.4 is 5.32 Å². The van der Waals surface area contributed by atoms with E-state index in [1.165, 1.54) is 12.0 Å². The number of rotatable bonds is 5. The molecule has 138 valence electrons. The van der Waals surface area contributed by atoms with E-state index in [0.717, 1.165) is 49.2 Å². The molecule has 0 saturated carbocycles. The van der Waals surface area contributed by atoms with Gasteiger partial charge in [-0.05, 0) is 44.2 Å². The Labute approximate surface area is 153 Å². The second-order valence-electron chi connectivity index (χ2n) is 7.11. The number of likely N-dealkylation sites (tertiary alicyclic amines) is 1. The molecule has 1 aliphatic carbocycles. The number of aryl methyl sites for hydroxylation is 1. The second-order valence-corrected chi connectivity index (χ2v) is 7.11. The Morgan fingerprint density at radius 3 is 3.00 bits per heavy atom. The van der Waals surface area contributed by atoms with Gasteiger partial charge in [0.15, 0.2) is 0 Å². The molecule has 1 aromatic carbocycles. The number of benzene rings is 1. The van der Waals surface area contributed by atoms with Crippen molar-refractivity contribution in [1.29, 1.82) is 0 Å². The average molecular weight is 355 g/mol. The lowest BCUT2D eigenvalue weighted by molar-refractivity contribution is 0.0678. The first-order valence-electron chi connectivity index (χ1n) is 9.49. The predicted octanol–water partition coefficient (Wildman–Crippen LogP) is 2.76. The van der Waals surface area contributed by atoms with E-state index in [0.29, 0.717) is 18.7 Å². The maximum absolute atomic E-state index is 13.0. The fourth-order valence-corrected chi connectivity index (χ4v) is 4.04. The zero-order valence-electron chi connectivity index (χ0n) is 14.9. The van der Waals surface area contributed by atoms with Crippen molar-refractivity contribution < 1.29 is 14.4 Å². The molecule has 0 spiro atoms. The van der Waals surface area contributed by atoms with Crippen LogP contribution in [0.5, 0.6) is 0 Å². The summed E-state index contributed by atoms with van der Waals surface area (Å²) in [4.78, 5) is 14.8. The molecule has 6 nitrogen and oxygen atoms in total. The number of hydrogen-bond donors (Lipinski definition) is 2. The molecule has 1 saturated heterocycles. The maximum atomic E-state index is 13.0. The fraction of sp³-hybridized carbons (Fsp3) is 0.500. The van der Waals surface area contributed by atoms with Crippen molar-refractivity contribution in [2.45, 2.75) is 51.1 Å². The van der Waals surface area contributed by atoms with Crippen LogP contribution in [0.4, 0.5) is 5.69 Å². The Kier molecular flexibility index (Phi) is 4.93. The molecule has 2 heterocycles. The maximum Gasteiger partial charge on any atom is 0.256 e. The minimum Gasteiger partial charge on any atom is -0.394 e. The van der Waals surface area contributed by atoms with Crippen molar-refractivity contribution >= 4 is 11.6 Å². The Morgan fingerprint density at radius 1 is 1.27 bits per heavy atom. The van der Waals surface area contributed by atoms with Crippen molar-refractivity contribution in [3.05, 3.63) is 46.8 Å². The highest BCUT2D eigenvalue weighted by Crippen LogP contribution is 2.27. The molecule has 2 N–H and O–H groups in total. The zero-order chi connectivity index (χ0) is 17.9. The van der Waals surface area contributed by atoms with Crippen LogP contribution in [0.1, 0.15) is 53.1 Å². The number of carbonyl (C=O) groups is 1. The number of aliphatic hydroxyl groups excluding tert-OH is 1. The lowest BCUT2D eigenvalue weighted by atomic mass is 9.96. The van der Waals surface area contributed by atoms with Crippen molar-refractivity contribution in [3.63, 3.8) is 0 Å². The number of hydrogen-bond acceptors (Lipinski definition) is 5. The minimum atomic E-state index is -0.0712. The molecule has 4 rings (SSSR count). The van der Waals surface area contributed by atoms with E-state index < -0.39 is 0 Å². The lowest BCUT2D eigenvalue weighted by Gasteiger charge is -2.24. The standard InChI is InChI=1S/C20H25N3O3/c24-13-14-6-5-11-23(14)20(25)16-8-1-3-9-17(16)21-12-18-15-7-2-4-10-19(15)26-22-18/h1,3,8-9,14,21,24H,2,4-7,10-13H2. The van der Waals surface area contributed by atoms with Crippen LogP contribution in [0, 0.1) is 0 Å². The van der Waals surface area contributed by atoms with Crippen LogP contribution in [0.3, 0.4) is 0 Å². The van der Waals surface area contributed by atoms with Gasteiger partial charge in [-0.2, -0.15) is 0 Å².